The number of anilines is 1. The Bertz CT molecular complexity index is 646. The highest BCUT2D eigenvalue weighted by atomic mass is 32.1. The second-order valence-corrected chi connectivity index (χ2v) is 6.16. The van der Waals surface area contributed by atoms with Gasteiger partial charge in [-0.2, -0.15) is 5.10 Å². The smallest absolute Gasteiger partial charge is 0.263 e. The summed E-state index contributed by atoms with van der Waals surface area (Å²) in [4.78, 5) is 13.7. The lowest BCUT2D eigenvalue weighted by atomic mass is 10.1. The van der Waals surface area contributed by atoms with Gasteiger partial charge in [0.05, 0.1) is 16.8 Å². The number of hydrogen-bond donors (Lipinski definition) is 3. The van der Waals surface area contributed by atoms with E-state index in [1.54, 1.807) is 4.68 Å². The zero-order valence-corrected chi connectivity index (χ0v) is 12.9. The number of hydrogen-bond acceptors (Lipinski definition) is 5. The molecular weight excluding hydrogens is 276 g/mol. The van der Waals surface area contributed by atoms with Crippen molar-refractivity contribution in [3.05, 3.63) is 10.6 Å². The molecule has 0 radical (unpaired) electrons. The van der Waals surface area contributed by atoms with Crippen molar-refractivity contribution >= 4 is 33.1 Å². The first-order chi connectivity index (χ1) is 9.36. The highest BCUT2D eigenvalue weighted by Gasteiger charge is 2.23. The monoisotopic (exact) mass is 296 g/mol. The molecule has 2 aromatic heterocycles. The van der Waals surface area contributed by atoms with E-state index in [0.29, 0.717) is 10.6 Å². The van der Waals surface area contributed by atoms with Gasteiger partial charge in [0, 0.05) is 19.7 Å². The normalized spacial score (nSPS) is 14.4. The van der Waals surface area contributed by atoms with Crippen LogP contribution in [0.4, 0.5) is 5.69 Å². The topological polar surface area (TPSA) is 93.2 Å². The maximum absolute atomic E-state index is 12.3. The van der Waals surface area contributed by atoms with Crippen LogP contribution in [0.3, 0.4) is 0 Å². The van der Waals surface area contributed by atoms with E-state index in [1.165, 1.54) is 11.3 Å². The van der Waals surface area contributed by atoms with Crippen molar-refractivity contribution < 1.29 is 9.90 Å². The van der Waals surface area contributed by atoms with Crippen LogP contribution in [0.5, 0.6) is 0 Å². The maximum atomic E-state index is 12.3. The molecule has 20 heavy (non-hydrogen) atoms. The number of nitrogens with one attached hydrogen (secondary N) is 1. The summed E-state index contributed by atoms with van der Waals surface area (Å²) in [5, 5.41) is 17.1. The SMILES string of the molecule is Cc1nn(C)c2sc(C(=O)NC(C)C(C)CO)c(N)c12. The van der Waals surface area contributed by atoms with Gasteiger partial charge in [0.25, 0.3) is 5.91 Å². The third kappa shape index (κ3) is 2.38. The molecule has 0 aliphatic heterocycles. The molecule has 110 valence electrons. The lowest BCUT2D eigenvalue weighted by Gasteiger charge is -2.18. The molecule has 2 aromatic rings. The van der Waals surface area contributed by atoms with E-state index in [2.05, 4.69) is 10.4 Å². The van der Waals surface area contributed by atoms with Crippen LogP contribution in [0.1, 0.15) is 29.2 Å². The summed E-state index contributed by atoms with van der Waals surface area (Å²) >= 11 is 1.34. The molecule has 0 saturated heterocycles. The van der Waals surface area contributed by atoms with E-state index in [9.17, 15) is 4.79 Å². The summed E-state index contributed by atoms with van der Waals surface area (Å²) in [6, 6.07) is -0.115. The maximum Gasteiger partial charge on any atom is 0.263 e. The molecule has 2 heterocycles. The van der Waals surface area contributed by atoms with Gasteiger partial charge in [0.2, 0.25) is 0 Å². The van der Waals surface area contributed by atoms with E-state index in [4.69, 9.17) is 10.8 Å². The summed E-state index contributed by atoms with van der Waals surface area (Å²) in [5.74, 6) is -0.200. The van der Waals surface area contributed by atoms with E-state index in [1.807, 2.05) is 27.8 Å². The Morgan fingerprint density at radius 1 is 1.55 bits per heavy atom. The molecule has 0 aliphatic carbocycles. The number of rotatable bonds is 4. The number of aromatic nitrogens is 2. The summed E-state index contributed by atoms with van der Waals surface area (Å²) in [6.07, 6.45) is 0. The van der Waals surface area contributed by atoms with Crippen molar-refractivity contribution in [1.82, 2.24) is 15.1 Å². The Labute approximate surface area is 121 Å². The summed E-state index contributed by atoms with van der Waals surface area (Å²) in [6.45, 7) is 5.67. The first-order valence-electron chi connectivity index (χ1n) is 6.50. The first kappa shape index (κ1) is 14.8. The molecule has 2 atom stereocenters. The molecule has 0 bridgehead atoms. The number of nitrogens with zero attached hydrogens (tertiary/aromatic N) is 2. The van der Waals surface area contributed by atoms with Crippen molar-refractivity contribution in [2.45, 2.75) is 26.8 Å². The molecule has 6 nitrogen and oxygen atoms in total. The van der Waals surface area contributed by atoms with Crippen LogP contribution in [0, 0.1) is 12.8 Å². The Kier molecular flexibility index (Phi) is 4.01. The zero-order valence-electron chi connectivity index (χ0n) is 12.1. The number of aryl methyl sites for hydroxylation is 2. The van der Waals surface area contributed by atoms with E-state index in [0.717, 1.165) is 15.9 Å². The van der Waals surface area contributed by atoms with Crippen LogP contribution < -0.4 is 11.1 Å². The Balaban J connectivity index is 2.31. The Morgan fingerprint density at radius 3 is 2.75 bits per heavy atom. The van der Waals surface area contributed by atoms with Crippen molar-refractivity contribution in [2.75, 3.05) is 12.3 Å². The first-order valence-corrected chi connectivity index (χ1v) is 7.31. The van der Waals surface area contributed by atoms with Crippen LogP contribution >= 0.6 is 11.3 Å². The molecule has 0 spiro atoms. The van der Waals surface area contributed by atoms with E-state index >= 15 is 0 Å². The quantitative estimate of drug-likeness (QED) is 0.792. The number of carbonyl (C=O) groups excluding carboxylic acids is 1. The van der Waals surface area contributed by atoms with Crippen molar-refractivity contribution in [2.24, 2.45) is 13.0 Å². The number of amides is 1. The summed E-state index contributed by atoms with van der Waals surface area (Å²) in [7, 11) is 1.84. The fraction of sp³-hybridized carbons (Fsp3) is 0.538. The lowest BCUT2D eigenvalue weighted by Crippen LogP contribution is -2.38. The largest absolute Gasteiger partial charge is 0.397 e. The van der Waals surface area contributed by atoms with Crippen LogP contribution in [0.25, 0.3) is 10.2 Å². The number of nitrogen functional groups attached to an aromatic ring is 1. The van der Waals surface area contributed by atoms with Gasteiger partial charge in [0.15, 0.2) is 0 Å². The van der Waals surface area contributed by atoms with Crippen molar-refractivity contribution in [3.63, 3.8) is 0 Å². The predicted octanol–water partition coefficient (Wildman–Crippen LogP) is 1.27. The van der Waals surface area contributed by atoms with Crippen LogP contribution in [-0.4, -0.2) is 33.4 Å². The second-order valence-electron chi connectivity index (χ2n) is 5.16. The van der Waals surface area contributed by atoms with Crippen molar-refractivity contribution in [3.8, 4) is 0 Å². The Morgan fingerprint density at radius 2 is 2.20 bits per heavy atom. The number of carbonyl (C=O) groups is 1. The van der Waals surface area contributed by atoms with E-state index < -0.39 is 0 Å². The van der Waals surface area contributed by atoms with Gasteiger partial charge in [-0.25, -0.2) is 0 Å². The lowest BCUT2D eigenvalue weighted by molar-refractivity contribution is 0.0921. The number of nitrogens with two attached hydrogens (primary N) is 1. The van der Waals surface area contributed by atoms with Crippen LogP contribution in [0.2, 0.25) is 0 Å². The van der Waals surface area contributed by atoms with Crippen LogP contribution in [0.15, 0.2) is 0 Å². The van der Waals surface area contributed by atoms with E-state index in [-0.39, 0.29) is 24.5 Å². The third-order valence-corrected chi connectivity index (χ3v) is 4.86. The van der Waals surface area contributed by atoms with Gasteiger partial charge in [0.1, 0.15) is 9.71 Å². The summed E-state index contributed by atoms with van der Waals surface area (Å²) in [5.41, 5.74) is 7.39. The van der Waals surface area contributed by atoms with Gasteiger partial charge in [-0.3, -0.25) is 9.48 Å². The molecule has 2 rings (SSSR count). The molecule has 7 heteroatoms. The highest BCUT2D eigenvalue weighted by Crippen LogP contribution is 2.35. The molecule has 4 N–H and O–H groups in total. The average Bonchev–Trinajstić information content (AvgIpc) is 2.88. The average molecular weight is 296 g/mol. The van der Waals surface area contributed by atoms with Crippen molar-refractivity contribution in [1.29, 1.82) is 0 Å². The second kappa shape index (κ2) is 5.41. The number of thiophene rings is 1. The minimum Gasteiger partial charge on any atom is -0.397 e. The Hall–Kier alpha value is -1.60. The predicted molar refractivity (Wildman–Crippen MR) is 80.9 cm³/mol. The van der Waals surface area contributed by atoms with Gasteiger partial charge >= 0.3 is 0 Å². The van der Waals surface area contributed by atoms with Gasteiger partial charge in [-0.1, -0.05) is 6.92 Å². The molecule has 0 aliphatic rings. The zero-order chi connectivity index (χ0) is 15.0. The molecule has 0 aromatic carbocycles. The fourth-order valence-corrected chi connectivity index (χ4v) is 3.16. The van der Waals surface area contributed by atoms with Gasteiger partial charge in [-0.05, 0) is 19.8 Å². The van der Waals surface area contributed by atoms with Gasteiger partial charge < -0.3 is 16.2 Å². The summed E-state index contributed by atoms with van der Waals surface area (Å²) < 4.78 is 1.74. The van der Waals surface area contributed by atoms with Gasteiger partial charge in [-0.15, -0.1) is 11.3 Å². The van der Waals surface area contributed by atoms with Crippen LogP contribution in [-0.2, 0) is 7.05 Å². The number of aliphatic hydroxyl groups excluding tert-OH is 1. The number of fused-ring (bicyclic) bond motifs is 1. The third-order valence-electron chi connectivity index (χ3n) is 3.59. The fourth-order valence-electron chi connectivity index (χ4n) is 2.07. The highest BCUT2D eigenvalue weighted by molar-refractivity contribution is 7.21. The molecular formula is C13H20N4O2S. The minimum atomic E-state index is -0.198. The minimum absolute atomic E-state index is 0.00189. The standard InChI is InChI=1S/C13H20N4O2S/c1-6(5-18)7(2)15-12(19)11-10(14)9-8(3)16-17(4)13(9)20-11/h6-7,18H,5,14H2,1-4H3,(H,15,19). The molecule has 0 saturated carbocycles. The molecule has 1 amide bonds. The molecule has 2 unspecified atom stereocenters. The molecule has 0 fully saturated rings. The number of aliphatic hydroxyl groups is 1.